The first-order valence-electron chi connectivity index (χ1n) is 7.88. The van der Waals surface area contributed by atoms with Crippen LogP contribution in [0.25, 0.3) is 0 Å². The molecule has 0 fully saturated rings. The van der Waals surface area contributed by atoms with Gasteiger partial charge in [-0.3, -0.25) is 4.79 Å². The number of likely N-dealkylation sites (N-methyl/N-ethyl adjacent to an activating group) is 1. The van der Waals surface area contributed by atoms with Crippen molar-refractivity contribution in [3.05, 3.63) is 58.6 Å². The van der Waals surface area contributed by atoms with E-state index >= 15 is 0 Å². The highest BCUT2D eigenvalue weighted by molar-refractivity contribution is 7.98. The zero-order valence-corrected chi connectivity index (χ0v) is 16.4. The van der Waals surface area contributed by atoms with Crippen molar-refractivity contribution in [1.82, 2.24) is 10.2 Å². The quantitative estimate of drug-likeness (QED) is 0.736. The molecule has 4 nitrogen and oxygen atoms in total. The Hall–Kier alpha value is -1.69. The number of rotatable bonds is 7. The van der Waals surface area contributed by atoms with E-state index in [4.69, 9.17) is 16.3 Å². The molecule has 2 rings (SSSR count). The first-order valence-corrected chi connectivity index (χ1v) is 9.48. The summed E-state index contributed by atoms with van der Waals surface area (Å²) in [5.74, 6) is 0.627. The molecule has 25 heavy (non-hydrogen) atoms. The van der Waals surface area contributed by atoms with Crippen molar-refractivity contribution in [2.24, 2.45) is 0 Å². The van der Waals surface area contributed by atoms with Crippen LogP contribution in [-0.2, 0) is 0 Å². The van der Waals surface area contributed by atoms with E-state index < -0.39 is 0 Å². The average molecular weight is 379 g/mol. The lowest BCUT2D eigenvalue weighted by molar-refractivity contribution is 0.0942. The second kappa shape index (κ2) is 9.13. The van der Waals surface area contributed by atoms with E-state index in [9.17, 15) is 4.79 Å². The van der Waals surface area contributed by atoms with Crippen LogP contribution in [0.4, 0.5) is 0 Å². The smallest absolute Gasteiger partial charge is 0.252 e. The largest absolute Gasteiger partial charge is 0.497 e. The SMILES string of the molecule is COc1cccc(C(CNC(=O)c2cc(SC)ccc2Cl)N(C)C)c1. The van der Waals surface area contributed by atoms with E-state index in [1.165, 1.54) is 0 Å². The number of methoxy groups -OCH3 is 1. The second-order valence-electron chi connectivity index (χ2n) is 5.81. The second-order valence-corrected chi connectivity index (χ2v) is 7.10. The third-order valence-electron chi connectivity index (χ3n) is 3.98. The number of nitrogens with zero attached hydrogens (tertiary/aromatic N) is 1. The third kappa shape index (κ3) is 5.14. The molecule has 2 aromatic rings. The van der Waals surface area contributed by atoms with Crippen molar-refractivity contribution in [3.63, 3.8) is 0 Å². The lowest BCUT2D eigenvalue weighted by Gasteiger charge is -2.25. The van der Waals surface area contributed by atoms with Gasteiger partial charge in [0.2, 0.25) is 0 Å². The van der Waals surface area contributed by atoms with Gasteiger partial charge in [0, 0.05) is 11.4 Å². The van der Waals surface area contributed by atoms with Gasteiger partial charge in [0.25, 0.3) is 5.91 Å². The van der Waals surface area contributed by atoms with E-state index in [1.807, 2.05) is 56.7 Å². The monoisotopic (exact) mass is 378 g/mol. The first-order chi connectivity index (χ1) is 12.0. The van der Waals surface area contributed by atoms with Gasteiger partial charge in [-0.15, -0.1) is 11.8 Å². The Kier molecular flexibility index (Phi) is 7.17. The lowest BCUT2D eigenvalue weighted by atomic mass is 10.1. The van der Waals surface area contributed by atoms with Gasteiger partial charge in [0.1, 0.15) is 5.75 Å². The molecule has 134 valence electrons. The molecule has 1 amide bonds. The summed E-state index contributed by atoms with van der Waals surface area (Å²) in [6, 6.07) is 13.4. The average Bonchev–Trinajstić information content (AvgIpc) is 2.62. The molecule has 6 heteroatoms. The normalized spacial score (nSPS) is 12.1. The molecule has 1 unspecified atom stereocenters. The van der Waals surface area contributed by atoms with Crippen LogP contribution in [0.5, 0.6) is 5.75 Å². The number of thioether (sulfide) groups is 1. The molecule has 1 atom stereocenters. The highest BCUT2D eigenvalue weighted by Crippen LogP contribution is 2.24. The summed E-state index contributed by atoms with van der Waals surface area (Å²) in [6.07, 6.45) is 1.97. The summed E-state index contributed by atoms with van der Waals surface area (Å²) in [5.41, 5.74) is 1.57. The fourth-order valence-electron chi connectivity index (χ4n) is 2.54. The predicted molar refractivity (Wildman–Crippen MR) is 105 cm³/mol. The van der Waals surface area contributed by atoms with Gasteiger partial charge < -0.3 is 15.0 Å². The molecule has 0 spiro atoms. The van der Waals surface area contributed by atoms with Gasteiger partial charge in [-0.2, -0.15) is 0 Å². The van der Waals surface area contributed by atoms with E-state index in [-0.39, 0.29) is 11.9 Å². The minimum absolute atomic E-state index is 0.0292. The van der Waals surface area contributed by atoms with E-state index in [2.05, 4.69) is 10.2 Å². The van der Waals surface area contributed by atoms with Crippen molar-refractivity contribution >= 4 is 29.3 Å². The van der Waals surface area contributed by atoms with Crippen molar-refractivity contribution in [2.45, 2.75) is 10.9 Å². The Bertz CT molecular complexity index is 737. The highest BCUT2D eigenvalue weighted by atomic mass is 35.5. The summed E-state index contributed by atoms with van der Waals surface area (Å²) in [6.45, 7) is 0.471. The highest BCUT2D eigenvalue weighted by Gasteiger charge is 2.18. The molecule has 0 bridgehead atoms. The van der Waals surface area contributed by atoms with Gasteiger partial charge in [-0.05, 0) is 56.2 Å². The summed E-state index contributed by atoms with van der Waals surface area (Å²) in [7, 11) is 5.61. The van der Waals surface area contributed by atoms with Crippen LogP contribution >= 0.6 is 23.4 Å². The first kappa shape index (κ1) is 19.6. The minimum Gasteiger partial charge on any atom is -0.497 e. The molecule has 0 radical (unpaired) electrons. The summed E-state index contributed by atoms with van der Waals surface area (Å²) >= 11 is 7.76. The molecule has 1 N–H and O–H groups in total. The van der Waals surface area contributed by atoms with Gasteiger partial charge in [0.15, 0.2) is 0 Å². The van der Waals surface area contributed by atoms with Crippen molar-refractivity contribution in [3.8, 4) is 5.75 Å². The number of nitrogens with one attached hydrogen (secondary N) is 1. The van der Waals surface area contributed by atoms with Crippen LogP contribution in [0.15, 0.2) is 47.4 Å². The number of carbonyl (C=O) groups excluding carboxylic acids is 1. The van der Waals surface area contributed by atoms with Crippen LogP contribution in [0.1, 0.15) is 22.0 Å². The third-order valence-corrected chi connectivity index (χ3v) is 5.03. The minimum atomic E-state index is -0.171. The standard InChI is InChI=1S/C19H23ClN2O2S/c1-22(2)18(13-6-5-7-14(10-13)24-3)12-21-19(23)16-11-15(25-4)8-9-17(16)20/h5-11,18H,12H2,1-4H3,(H,21,23). The summed E-state index contributed by atoms with van der Waals surface area (Å²) in [4.78, 5) is 15.6. The number of benzene rings is 2. The predicted octanol–water partition coefficient (Wildman–Crippen LogP) is 4.10. The van der Waals surface area contributed by atoms with Gasteiger partial charge >= 0.3 is 0 Å². The maximum atomic E-state index is 12.6. The molecular formula is C19H23ClN2O2S. The Morgan fingerprint density at radius 2 is 2.04 bits per heavy atom. The van der Waals surface area contributed by atoms with E-state index in [0.717, 1.165) is 16.2 Å². The number of ether oxygens (including phenoxy) is 1. The molecule has 2 aromatic carbocycles. The molecule has 0 aliphatic heterocycles. The van der Waals surface area contributed by atoms with Gasteiger partial charge in [0.05, 0.1) is 23.7 Å². The molecule has 0 saturated heterocycles. The molecular weight excluding hydrogens is 356 g/mol. The number of halogens is 1. The van der Waals surface area contributed by atoms with Crippen molar-refractivity contribution in [2.75, 3.05) is 34.0 Å². The Labute approximate surface area is 158 Å². The van der Waals surface area contributed by atoms with Crippen molar-refractivity contribution < 1.29 is 9.53 Å². The number of hydrogen-bond acceptors (Lipinski definition) is 4. The molecule has 0 aromatic heterocycles. The molecule has 0 saturated carbocycles. The van der Waals surface area contributed by atoms with Gasteiger partial charge in [-0.1, -0.05) is 23.7 Å². The van der Waals surface area contributed by atoms with Crippen LogP contribution in [0.2, 0.25) is 5.02 Å². The van der Waals surface area contributed by atoms with Crippen LogP contribution in [-0.4, -0.2) is 44.8 Å². The summed E-state index contributed by atoms with van der Waals surface area (Å²) in [5, 5.41) is 3.45. The van der Waals surface area contributed by atoms with Gasteiger partial charge in [-0.25, -0.2) is 0 Å². The summed E-state index contributed by atoms with van der Waals surface area (Å²) < 4.78 is 5.30. The zero-order chi connectivity index (χ0) is 18.4. The number of amides is 1. The lowest BCUT2D eigenvalue weighted by Crippen LogP contribution is -2.34. The Morgan fingerprint density at radius 3 is 2.68 bits per heavy atom. The Balaban J connectivity index is 2.14. The van der Waals surface area contributed by atoms with Crippen LogP contribution in [0.3, 0.4) is 0 Å². The van der Waals surface area contributed by atoms with E-state index in [1.54, 1.807) is 24.9 Å². The molecule has 0 aliphatic carbocycles. The maximum Gasteiger partial charge on any atom is 0.252 e. The molecule has 0 heterocycles. The van der Waals surface area contributed by atoms with Crippen molar-refractivity contribution in [1.29, 1.82) is 0 Å². The topological polar surface area (TPSA) is 41.6 Å². The maximum absolute atomic E-state index is 12.6. The van der Waals surface area contributed by atoms with Crippen LogP contribution < -0.4 is 10.1 Å². The fraction of sp³-hybridized carbons (Fsp3) is 0.316. The van der Waals surface area contributed by atoms with E-state index in [0.29, 0.717) is 17.1 Å². The Morgan fingerprint density at radius 1 is 1.28 bits per heavy atom. The fourth-order valence-corrected chi connectivity index (χ4v) is 3.18. The number of hydrogen-bond donors (Lipinski definition) is 1. The zero-order valence-electron chi connectivity index (χ0n) is 14.9. The molecule has 0 aliphatic rings. The van der Waals surface area contributed by atoms with Crippen LogP contribution in [0, 0.1) is 0 Å². The number of carbonyl (C=O) groups is 1.